The van der Waals surface area contributed by atoms with Gasteiger partial charge in [0.05, 0.1) is 12.2 Å². The molecule has 0 aliphatic rings. The molecule has 0 radical (unpaired) electrons. The Morgan fingerprint density at radius 1 is 1.00 bits per heavy atom. The third kappa shape index (κ3) is 4.25. The van der Waals surface area contributed by atoms with Gasteiger partial charge in [0.25, 0.3) is 11.5 Å². The lowest BCUT2D eigenvalue weighted by atomic mass is 10.1. The van der Waals surface area contributed by atoms with Crippen molar-refractivity contribution in [1.29, 1.82) is 0 Å². The van der Waals surface area contributed by atoms with Crippen molar-refractivity contribution in [1.82, 2.24) is 19.7 Å². The van der Waals surface area contributed by atoms with Crippen molar-refractivity contribution in [3.8, 4) is 5.69 Å². The number of rotatable bonds is 6. The SMILES string of the molecule is CCCNC(=O)c1nn(-c2ccc(C)c(C)c2)c(=O)n(Cc2ccccc2C)c1=O. The Balaban J connectivity index is 2.23. The van der Waals surface area contributed by atoms with Crippen LogP contribution in [0.15, 0.2) is 52.1 Å². The summed E-state index contributed by atoms with van der Waals surface area (Å²) in [6, 6.07) is 13.0. The number of nitrogens with one attached hydrogen (secondary N) is 1. The highest BCUT2D eigenvalue weighted by atomic mass is 16.2. The van der Waals surface area contributed by atoms with E-state index in [1.54, 1.807) is 6.07 Å². The molecule has 30 heavy (non-hydrogen) atoms. The van der Waals surface area contributed by atoms with Gasteiger partial charge < -0.3 is 5.32 Å². The molecule has 0 aliphatic carbocycles. The number of amides is 1. The van der Waals surface area contributed by atoms with Gasteiger partial charge in [0.15, 0.2) is 0 Å². The summed E-state index contributed by atoms with van der Waals surface area (Å²) in [5.41, 5.74) is 2.76. The van der Waals surface area contributed by atoms with Crippen molar-refractivity contribution in [3.05, 3.63) is 91.3 Å². The van der Waals surface area contributed by atoms with Gasteiger partial charge in [0, 0.05) is 6.54 Å². The third-order valence-corrected chi connectivity index (χ3v) is 5.14. The van der Waals surface area contributed by atoms with Crippen molar-refractivity contribution < 1.29 is 4.79 Å². The fourth-order valence-electron chi connectivity index (χ4n) is 3.10. The second kappa shape index (κ2) is 8.90. The molecule has 0 saturated heterocycles. The summed E-state index contributed by atoms with van der Waals surface area (Å²) in [5, 5.41) is 6.83. The highest BCUT2D eigenvalue weighted by Gasteiger charge is 2.20. The minimum atomic E-state index is -0.697. The van der Waals surface area contributed by atoms with Crippen molar-refractivity contribution in [2.75, 3.05) is 6.54 Å². The highest BCUT2D eigenvalue weighted by Crippen LogP contribution is 2.12. The molecule has 7 nitrogen and oxygen atoms in total. The van der Waals surface area contributed by atoms with Crippen LogP contribution in [-0.2, 0) is 6.54 Å². The summed E-state index contributed by atoms with van der Waals surface area (Å²) < 4.78 is 2.21. The Hall–Kier alpha value is -3.48. The molecule has 1 amide bonds. The van der Waals surface area contributed by atoms with Gasteiger partial charge >= 0.3 is 5.69 Å². The zero-order chi connectivity index (χ0) is 21.8. The average Bonchev–Trinajstić information content (AvgIpc) is 2.73. The first kappa shape index (κ1) is 21.2. The largest absolute Gasteiger partial charge is 0.352 e. The van der Waals surface area contributed by atoms with Crippen LogP contribution in [0.3, 0.4) is 0 Å². The quantitative estimate of drug-likeness (QED) is 0.682. The van der Waals surface area contributed by atoms with Gasteiger partial charge in [-0.1, -0.05) is 37.3 Å². The smallest absolute Gasteiger partial charge is 0.350 e. The van der Waals surface area contributed by atoms with Gasteiger partial charge in [0.1, 0.15) is 0 Å². The zero-order valence-electron chi connectivity index (χ0n) is 17.7. The molecule has 1 heterocycles. The molecular weight excluding hydrogens is 380 g/mol. The minimum absolute atomic E-state index is 0.0613. The van der Waals surface area contributed by atoms with E-state index in [4.69, 9.17) is 0 Å². The topological polar surface area (TPSA) is 86.0 Å². The molecule has 0 spiro atoms. The standard InChI is InChI=1S/C23H26N4O3/c1-5-12-24-21(28)20-22(29)26(14-18-9-7-6-8-16(18)3)23(30)27(25-20)19-11-10-15(2)17(4)13-19/h6-11,13H,5,12,14H2,1-4H3,(H,24,28). The lowest BCUT2D eigenvalue weighted by molar-refractivity contribution is 0.0944. The molecule has 0 fully saturated rings. The lowest BCUT2D eigenvalue weighted by Crippen LogP contribution is -2.46. The molecule has 156 valence electrons. The Morgan fingerprint density at radius 3 is 2.40 bits per heavy atom. The molecule has 0 aliphatic heterocycles. The van der Waals surface area contributed by atoms with E-state index < -0.39 is 17.2 Å². The minimum Gasteiger partial charge on any atom is -0.350 e. The zero-order valence-corrected chi connectivity index (χ0v) is 17.7. The highest BCUT2D eigenvalue weighted by molar-refractivity contribution is 5.91. The van der Waals surface area contributed by atoms with Crippen LogP contribution in [0.1, 0.15) is 46.1 Å². The van der Waals surface area contributed by atoms with Crippen LogP contribution < -0.4 is 16.6 Å². The normalized spacial score (nSPS) is 10.8. The number of nitrogens with zero attached hydrogens (tertiary/aromatic N) is 3. The second-order valence-electron chi connectivity index (χ2n) is 7.39. The molecule has 3 aromatic rings. The van der Waals surface area contributed by atoms with E-state index in [1.807, 2.05) is 64.1 Å². The Bertz CT molecular complexity index is 1210. The fourth-order valence-corrected chi connectivity index (χ4v) is 3.10. The number of aryl methyl sites for hydroxylation is 3. The molecule has 3 rings (SSSR count). The van der Waals surface area contributed by atoms with Crippen LogP contribution >= 0.6 is 0 Å². The van der Waals surface area contributed by atoms with E-state index in [9.17, 15) is 14.4 Å². The van der Waals surface area contributed by atoms with E-state index in [1.165, 1.54) is 0 Å². The van der Waals surface area contributed by atoms with Crippen LogP contribution in [0.4, 0.5) is 0 Å². The predicted molar refractivity (Wildman–Crippen MR) is 116 cm³/mol. The Kier molecular flexibility index (Phi) is 6.30. The van der Waals surface area contributed by atoms with Gasteiger partial charge in [-0.15, -0.1) is 0 Å². The van der Waals surface area contributed by atoms with Crippen LogP contribution in [0, 0.1) is 20.8 Å². The maximum absolute atomic E-state index is 13.2. The monoisotopic (exact) mass is 406 g/mol. The molecule has 1 aromatic heterocycles. The number of aromatic nitrogens is 3. The first-order valence-corrected chi connectivity index (χ1v) is 9.98. The van der Waals surface area contributed by atoms with Crippen molar-refractivity contribution >= 4 is 5.91 Å². The van der Waals surface area contributed by atoms with Crippen molar-refractivity contribution in [2.24, 2.45) is 0 Å². The molecule has 2 aromatic carbocycles. The van der Waals surface area contributed by atoms with Crippen LogP contribution in [-0.4, -0.2) is 26.8 Å². The molecule has 0 atom stereocenters. The summed E-state index contributed by atoms with van der Waals surface area (Å²) in [6.07, 6.45) is 0.722. The number of hydrogen-bond donors (Lipinski definition) is 1. The summed E-state index contributed by atoms with van der Waals surface area (Å²) >= 11 is 0. The molecule has 0 unspecified atom stereocenters. The fraction of sp³-hybridized carbons (Fsp3) is 0.304. The van der Waals surface area contributed by atoms with E-state index in [0.29, 0.717) is 12.2 Å². The van der Waals surface area contributed by atoms with Gasteiger partial charge in [0.2, 0.25) is 5.69 Å². The maximum atomic E-state index is 13.2. The van der Waals surface area contributed by atoms with E-state index >= 15 is 0 Å². The number of carbonyl (C=O) groups excluding carboxylic acids is 1. The maximum Gasteiger partial charge on any atom is 0.352 e. The van der Waals surface area contributed by atoms with Crippen molar-refractivity contribution in [3.63, 3.8) is 0 Å². The number of carbonyl (C=O) groups is 1. The van der Waals surface area contributed by atoms with Gasteiger partial charge in [-0.3, -0.25) is 14.2 Å². The first-order chi connectivity index (χ1) is 14.3. The molecule has 1 N–H and O–H groups in total. The van der Waals surface area contributed by atoms with Crippen LogP contribution in [0.2, 0.25) is 0 Å². The second-order valence-corrected chi connectivity index (χ2v) is 7.39. The van der Waals surface area contributed by atoms with E-state index in [2.05, 4.69) is 10.4 Å². The predicted octanol–water partition coefficient (Wildman–Crippen LogP) is 2.51. The molecule has 0 saturated carbocycles. The Morgan fingerprint density at radius 2 is 1.73 bits per heavy atom. The van der Waals surface area contributed by atoms with Crippen LogP contribution in [0.5, 0.6) is 0 Å². The average molecular weight is 406 g/mol. The molecular formula is C23H26N4O3. The number of hydrogen-bond acceptors (Lipinski definition) is 4. The molecule has 0 bridgehead atoms. The molecule has 7 heteroatoms. The van der Waals surface area contributed by atoms with Gasteiger partial charge in [-0.2, -0.15) is 9.78 Å². The summed E-state index contributed by atoms with van der Waals surface area (Å²) in [4.78, 5) is 38.9. The first-order valence-electron chi connectivity index (χ1n) is 9.98. The van der Waals surface area contributed by atoms with Gasteiger partial charge in [-0.25, -0.2) is 4.79 Å². The lowest BCUT2D eigenvalue weighted by Gasteiger charge is -2.14. The van der Waals surface area contributed by atoms with Crippen LogP contribution in [0.25, 0.3) is 5.69 Å². The summed E-state index contributed by atoms with van der Waals surface area (Å²) in [5.74, 6) is -0.585. The summed E-state index contributed by atoms with van der Waals surface area (Å²) in [7, 11) is 0. The third-order valence-electron chi connectivity index (χ3n) is 5.14. The van der Waals surface area contributed by atoms with E-state index in [0.717, 1.165) is 37.9 Å². The van der Waals surface area contributed by atoms with Crippen molar-refractivity contribution in [2.45, 2.75) is 40.7 Å². The Labute approximate surface area is 175 Å². The number of benzene rings is 2. The van der Waals surface area contributed by atoms with E-state index in [-0.39, 0.29) is 12.2 Å². The van der Waals surface area contributed by atoms with Gasteiger partial charge in [-0.05, 0) is 61.6 Å². The summed E-state index contributed by atoms with van der Waals surface area (Å²) in [6.45, 7) is 8.21.